The molecule has 1 heterocycles. The summed E-state index contributed by atoms with van der Waals surface area (Å²) in [5, 5.41) is 14.6. The smallest absolute Gasteiger partial charge is 0.329 e. The average Bonchev–Trinajstić information content (AvgIpc) is 3.48. The zero-order valence-electron chi connectivity index (χ0n) is 33.1. The number of fused-ring (bicyclic) bond motifs is 3. The molecule has 1 saturated carbocycles. The first-order chi connectivity index (χ1) is 27.5. The molecule has 0 radical (unpaired) electrons. The van der Waals surface area contributed by atoms with E-state index in [2.05, 4.69) is 41.0 Å². The molecule has 4 aromatic rings. The van der Waals surface area contributed by atoms with Crippen LogP contribution in [0.1, 0.15) is 99.1 Å². The number of carboxylic acid groups (broad SMARTS) is 1. The number of hydrogen-bond acceptors (Lipinski definition) is 7. The lowest BCUT2D eigenvalue weighted by molar-refractivity contribution is -0.144. The van der Waals surface area contributed by atoms with Crippen molar-refractivity contribution in [2.75, 3.05) is 30.8 Å². The van der Waals surface area contributed by atoms with Crippen molar-refractivity contribution >= 4 is 33.3 Å². The number of benzene rings is 3. The van der Waals surface area contributed by atoms with E-state index in [0.29, 0.717) is 80.8 Å². The fraction of sp³-hybridized carbons (Fsp3) is 0.478. The van der Waals surface area contributed by atoms with Crippen molar-refractivity contribution in [2.24, 2.45) is 11.8 Å². The third kappa shape index (κ3) is 9.61. The highest BCUT2D eigenvalue weighted by Gasteiger charge is 2.54. The summed E-state index contributed by atoms with van der Waals surface area (Å²) in [4.78, 5) is 17.7. The number of rotatable bonds is 17. The molecule has 3 aliphatic rings. The first-order valence-electron chi connectivity index (χ1n) is 20.6. The number of sulfonamides is 1. The maximum atomic E-state index is 13.0. The van der Waals surface area contributed by atoms with Gasteiger partial charge >= 0.3 is 5.97 Å². The molecule has 11 heteroatoms. The third-order valence-electron chi connectivity index (χ3n) is 12.7. The Balaban J connectivity index is 1.04. The Morgan fingerprint density at radius 2 is 1.82 bits per heavy atom. The highest BCUT2D eigenvalue weighted by molar-refractivity contribution is 7.89. The molecule has 1 fully saturated rings. The molecule has 0 aliphatic heterocycles. The van der Waals surface area contributed by atoms with E-state index in [-0.39, 0.29) is 17.1 Å². The van der Waals surface area contributed by atoms with Crippen LogP contribution in [0, 0.1) is 11.8 Å². The van der Waals surface area contributed by atoms with Crippen LogP contribution in [-0.2, 0) is 39.5 Å². The minimum absolute atomic E-state index is 0.0410. The van der Waals surface area contributed by atoms with Gasteiger partial charge in [0.1, 0.15) is 17.0 Å². The van der Waals surface area contributed by atoms with Crippen LogP contribution in [0.15, 0.2) is 85.1 Å². The fourth-order valence-corrected chi connectivity index (χ4v) is 10.9. The molecule has 0 bridgehead atoms. The lowest BCUT2D eigenvalue weighted by Crippen LogP contribution is -2.53. The summed E-state index contributed by atoms with van der Waals surface area (Å²) in [7, 11) is -3.40. The molecule has 57 heavy (non-hydrogen) atoms. The van der Waals surface area contributed by atoms with Crippen LogP contribution in [-0.4, -0.2) is 55.5 Å². The van der Waals surface area contributed by atoms with Crippen LogP contribution in [0.2, 0.25) is 5.02 Å². The standard InChI is InChI=1S/C46H56ClN3O6S/c1-32(31-56-42-17-24-48-41-14-6-9-33(2)43(41)42)27-36-28-35-15-16-39(55-25-8-23-49-57(53,54)26-18-34-10-4-3-5-11-34)30-40(35)45(36)19-21-46(22-20-45,44(51)52)50-38-13-7-12-37(47)29-38/h3-5,7,10-13,15-17,24,29-30,32-33,36,49-50H,6,8-9,14,18-23,25-28,31H2,1-2H3,(H,51,52)/t32-,33-,36+,45?,46?/m1/s1. The number of nitrogens with zero attached hydrogens (tertiary/aromatic N) is 1. The van der Waals surface area contributed by atoms with Crippen LogP contribution in [0.3, 0.4) is 0 Å². The van der Waals surface area contributed by atoms with Crippen molar-refractivity contribution in [3.8, 4) is 11.5 Å². The summed E-state index contributed by atoms with van der Waals surface area (Å²) in [6.07, 6.45) is 10.4. The number of aryl methyl sites for hydroxylation is 2. The summed E-state index contributed by atoms with van der Waals surface area (Å²) in [5.74, 6) is 1.91. The molecule has 1 aromatic heterocycles. The Morgan fingerprint density at radius 3 is 2.60 bits per heavy atom. The van der Waals surface area contributed by atoms with Gasteiger partial charge < -0.3 is 19.9 Å². The van der Waals surface area contributed by atoms with Gasteiger partial charge in [-0.25, -0.2) is 17.9 Å². The van der Waals surface area contributed by atoms with E-state index in [9.17, 15) is 18.3 Å². The Morgan fingerprint density at radius 1 is 1.02 bits per heavy atom. The maximum absolute atomic E-state index is 13.0. The number of aromatic nitrogens is 1. The average molecular weight is 814 g/mol. The fourth-order valence-electron chi connectivity index (χ4n) is 9.63. The Kier molecular flexibility index (Phi) is 12.8. The zero-order valence-corrected chi connectivity index (χ0v) is 34.7. The molecule has 0 unspecified atom stereocenters. The number of carboxylic acids is 1. The second kappa shape index (κ2) is 17.8. The van der Waals surface area contributed by atoms with Crippen LogP contribution >= 0.6 is 11.6 Å². The highest BCUT2D eigenvalue weighted by atomic mass is 35.5. The maximum Gasteiger partial charge on any atom is 0.329 e. The summed E-state index contributed by atoms with van der Waals surface area (Å²) in [5.41, 5.74) is 5.32. The molecule has 0 saturated heterocycles. The van der Waals surface area contributed by atoms with Crippen molar-refractivity contribution in [2.45, 2.75) is 101 Å². The number of anilines is 1. The summed E-state index contributed by atoms with van der Waals surface area (Å²) in [6, 6.07) is 25.3. The van der Waals surface area contributed by atoms with Crippen molar-refractivity contribution in [3.05, 3.63) is 118 Å². The van der Waals surface area contributed by atoms with Gasteiger partial charge in [0.2, 0.25) is 10.0 Å². The van der Waals surface area contributed by atoms with Crippen molar-refractivity contribution in [1.29, 1.82) is 0 Å². The number of carbonyl (C=O) groups is 1. The number of hydrogen-bond donors (Lipinski definition) is 3. The highest BCUT2D eigenvalue weighted by Crippen LogP contribution is 2.57. The minimum Gasteiger partial charge on any atom is -0.494 e. The molecule has 3 aliphatic carbocycles. The monoisotopic (exact) mass is 813 g/mol. The second-order valence-corrected chi connectivity index (χ2v) is 19.0. The predicted octanol–water partition coefficient (Wildman–Crippen LogP) is 9.13. The van der Waals surface area contributed by atoms with Gasteiger partial charge in [-0.2, -0.15) is 0 Å². The van der Waals surface area contributed by atoms with Gasteiger partial charge in [-0.15, -0.1) is 0 Å². The van der Waals surface area contributed by atoms with Gasteiger partial charge in [0.05, 0.1) is 19.0 Å². The van der Waals surface area contributed by atoms with Crippen LogP contribution < -0.4 is 19.5 Å². The first-order valence-corrected chi connectivity index (χ1v) is 22.6. The molecule has 7 rings (SSSR count). The molecule has 0 amide bonds. The topological polar surface area (TPSA) is 127 Å². The zero-order chi connectivity index (χ0) is 40.0. The minimum atomic E-state index is -3.40. The number of nitrogens with one attached hydrogen (secondary N) is 2. The van der Waals surface area contributed by atoms with Crippen molar-refractivity contribution < 1.29 is 27.8 Å². The number of halogens is 1. The summed E-state index contributed by atoms with van der Waals surface area (Å²) >= 11 is 6.30. The van der Waals surface area contributed by atoms with E-state index < -0.39 is 21.5 Å². The van der Waals surface area contributed by atoms with Gasteiger partial charge in [-0.3, -0.25) is 4.98 Å². The molecule has 1 spiro atoms. The third-order valence-corrected chi connectivity index (χ3v) is 14.3. The van der Waals surface area contributed by atoms with Crippen LogP contribution in [0.25, 0.3) is 0 Å². The lowest BCUT2D eigenvalue weighted by atomic mass is 9.59. The van der Waals surface area contributed by atoms with Crippen molar-refractivity contribution in [3.63, 3.8) is 0 Å². The Bertz CT molecular complexity index is 2120. The SMILES string of the molecule is C[C@@H](COc1ccnc2c1[C@H](C)CCC2)C[C@H]1Cc2ccc(OCCCNS(=O)(=O)CCc3ccccc3)cc2C12CCC(Nc1cccc(Cl)c1)(C(=O)O)CC2. The Labute approximate surface area is 343 Å². The lowest BCUT2D eigenvalue weighted by Gasteiger charge is -2.47. The van der Waals surface area contributed by atoms with E-state index in [1.54, 1.807) is 12.1 Å². The first kappa shape index (κ1) is 41.1. The number of pyridine rings is 1. The second-order valence-electron chi connectivity index (χ2n) is 16.7. The van der Waals surface area contributed by atoms with E-state index in [4.69, 9.17) is 21.1 Å². The van der Waals surface area contributed by atoms with Gasteiger partial charge in [0, 0.05) is 34.7 Å². The van der Waals surface area contributed by atoms with E-state index >= 15 is 0 Å². The summed E-state index contributed by atoms with van der Waals surface area (Å²) < 4.78 is 40.8. The normalized spacial score (nSPS) is 23.4. The van der Waals surface area contributed by atoms with Gasteiger partial charge in [-0.05, 0) is 147 Å². The quantitative estimate of drug-likeness (QED) is 0.0902. The van der Waals surface area contributed by atoms with Crippen LogP contribution in [0.5, 0.6) is 11.5 Å². The Hall–Kier alpha value is -4.12. The van der Waals surface area contributed by atoms with E-state index in [0.717, 1.165) is 54.9 Å². The molecule has 3 atom stereocenters. The molecule has 3 aromatic carbocycles. The van der Waals surface area contributed by atoms with E-state index in [1.165, 1.54) is 16.7 Å². The van der Waals surface area contributed by atoms with E-state index in [1.807, 2.05) is 60.8 Å². The predicted molar refractivity (Wildman–Crippen MR) is 226 cm³/mol. The van der Waals surface area contributed by atoms with Gasteiger partial charge in [0.25, 0.3) is 0 Å². The van der Waals surface area contributed by atoms with Gasteiger partial charge in [0.15, 0.2) is 0 Å². The molecule has 3 N–H and O–H groups in total. The van der Waals surface area contributed by atoms with Crippen molar-refractivity contribution in [1.82, 2.24) is 9.71 Å². The molecule has 304 valence electrons. The van der Waals surface area contributed by atoms with Crippen LogP contribution in [0.4, 0.5) is 5.69 Å². The summed E-state index contributed by atoms with van der Waals surface area (Å²) in [6.45, 7) is 5.81. The molecular formula is C46H56ClN3O6S. The number of aliphatic carboxylic acids is 1. The molecule has 9 nitrogen and oxygen atoms in total. The molecular weight excluding hydrogens is 758 g/mol. The number of ether oxygens (including phenoxy) is 2. The largest absolute Gasteiger partial charge is 0.494 e. The van der Waals surface area contributed by atoms with Gasteiger partial charge in [-0.1, -0.05) is 67.9 Å².